The average molecular weight is 226 g/mol. The molecular formula is C11H15FN2O2. The minimum absolute atomic E-state index is 0.0986. The van der Waals surface area contributed by atoms with Crippen molar-refractivity contribution < 1.29 is 13.9 Å². The number of ether oxygens (including phenoxy) is 1. The molecule has 0 unspecified atom stereocenters. The fourth-order valence-electron chi connectivity index (χ4n) is 1.16. The number of benzene rings is 1. The van der Waals surface area contributed by atoms with Gasteiger partial charge in [-0.3, -0.25) is 4.79 Å². The van der Waals surface area contributed by atoms with Crippen LogP contribution in [0.25, 0.3) is 0 Å². The van der Waals surface area contributed by atoms with Crippen molar-refractivity contribution in [1.82, 2.24) is 0 Å². The van der Waals surface area contributed by atoms with E-state index < -0.39 is 5.82 Å². The topological polar surface area (TPSA) is 64.3 Å². The second kappa shape index (κ2) is 6.07. The van der Waals surface area contributed by atoms with Gasteiger partial charge >= 0.3 is 0 Å². The van der Waals surface area contributed by atoms with Gasteiger partial charge in [0.15, 0.2) is 0 Å². The normalized spacial score (nSPS) is 10.1. The fraction of sp³-hybridized carbons (Fsp3) is 0.364. The van der Waals surface area contributed by atoms with E-state index in [0.29, 0.717) is 18.9 Å². The van der Waals surface area contributed by atoms with Crippen molar-refractivity contribution in [3.63, 3.8) is 0 Å². The Balaban J connectivity index is 2.52. The number of carbonyl (C=O) groups is 1. The van der Waals surface area contributed by atoms with Crippen LogP contribution in [0.5, 0.6) is 0 Å². The highest BCUT2D eigenvalue weighted by molar-refractivity contribution is 5.91. The Morgan fingerprint density at radius 3 is 3.00 bits per heavy atom. The zero-order chi connectivity index (χ0) is 12.0. The van der Waals surface area contributed by atoms with Crippen molar-refractivity contribution in [1.29, 1.82) is 0 Å². The summed E-state index contributed by atoms with van der Waals surface area (Å²) in [5.74, 6) is -0.795. The SMILES string of the molecule is CCOCCC(=O)Nc1cc(N)ccc1F. The predicted octanol–water partition coefficient (Wildman–Crippen LogP) is 1.77. The van der Waals surface area contributed by atoms with E-state index in [9.17, 15) is 9.18 Å². The smallest absolute Gasteiger partial charge is 0.226 e. The molecular weight excluding hydrogens is 211 g/mol. The summed E-state index contributed by atoms with van der Waals surface area (Å²) in [5, 5.41) is 2.44. The summed E-state index contributed by atoms with van der Waals surface area (Å²) in [5.41, 5.74) is 5.98. The molecule has 88 valence electrons. The molecule has 0 aromatic heterocycles. The Bertz CT molecular complexity index is 369. The maximum Gasteiger partial charge on any atom is 0.226 e. The van der Waals surface area contributed by atoms with Gasteiger partial charge in [-0.05, 0) is 25.1 Å². The van der Waals surface area contributed by atoms with E-state index in [2.05, 4.69) is 5.32 Å². The van der Waals surface area contributed by atoms with E-state index in [-0.39, 0.29) is 18.0 Å². The number of nitrogens with one attached hydrogen (secondary N) is 1. The Labute approximate surface area is 93.6 Å². The molecule has 1 aromatic carbocycles. The minimum Gasteiger partial charge on any atom is -0.399 e. The number of anilines is 2. The largest absolute Gasteiger partial charge is 0.399 e. The Kier molecular flexibility index (Phi) is 4.72. The van der Waals surface area contributed by atoms with Gasteiger partial charge in [-0.1, -0.05) is 0 Å². The quantitative estimate of drug-likeness (QED) is 0.594. The van der Waals surface area contributed by atoms with E-state index in [4.69, 9.17) is 10.5 Å². The molecule has 4 nitrogen and oxygen atoms in total. The molecule has 1 aromatic rings. The molecule has 3 N–H and O–H groups in total. The molecule has 1 rings (SSSR count). The summed E-state index contributed by atoms with van der Waals surface area (Å²) in [6.07, 6.45) is 0.197. The number of hydrogen-bond acceptors (Lipinski definition) is 3. The first-order valence-electron chi connectivity index (χ1n) is 5.06. The molecule has 0 bridgehead atoms. The molecule has 0 fully saturated rings. The lowest BCUT2D eigenvalue weighted by molar-refractivity contribution is -0.117. The van der Waals surface area contributed by atoms with Gasteiger partial charge in [0.05, 0.1) is 18.7 Å². The average Bonchev–Trinajstić information content (AvgIpc) is 2.24. The molecule has 0 aliphatic carbocycles. The number of rotatable bonds is 5. The van der Waals surface area contributed by atoms with Crippen molar-refractivity contribution in [2.45, 2.75) is 13.3 Å². The van der Waals surface area contributed by atoms with Crippen molar-refractivity contribution in [3.8, 4) is 0 Å². The first kappa shape index (κ1) is 12.4. The predicted molar refractivity (Wildman–Crippen MR) is 60.6 cm³/mol. The van der Waals surface area contributed by atoms with Gasteiger partial charge in [0.2, 0.25) is 5.91 Å². The van der Waals surface area contributed by atoms with Crippen LogP contribution in [-0.2, 0) is 9.53 Å². The van der Waals surface area contributed by atoms with Crippen molar-refractivity contribution in [2.75, 3.05) is 24.3 Å². The van der Waals surface area contributed by atoms with Crippen molar-refractivity contribution in [2.24, 2.45) is 0 Å². The summed E-state index contributed by atoms with van der Waals surface area (Å²) >= 11 is 0. The Morgan fingerprint density at radius 2 is 2.31 bits per heavy atom. The molecule has 0 saturated carbocycles. The van der Waals surface area contributed by atoms with Crippen LogP contribution in [0, 0.1) is 5.82 Å². The van der Waals surface area contributed by atoms with Gasteiger partial charge in [-0.25, -0.2) is 4.39 Å². The zero-order valence-corrected chi connectivity index (χ0v) is 9.13. The van der Waals surface area contributed by atoms with Crippen LogP contribution in [-0.4, -0.2) is 19.1 Å². The first-order chi connectivity index (χ1) is 7.63. The van der Waals surface area contributed by atoms with Crippen molar-refractivity contribution in [3.05, 3.63) is 24.0 Å². The van der Waals surface area contributed by atoms with E-state index in [1.807, 2.05) is 6.92 Å². The molecule has 0 spiro atoms. The summed E-state index contributed by atoms with van der Waals surface area (Å²) in [7, 11) is 0. The fourth-order valence-corrected chi connectivity index (χ4v) is 1.16. The van der Waals surface area contributed by atoms with Crippen LogP contribution >= 0.6 is 0 Å². The van der Waals surface area contributed by atoms with Crippen LogP contribution in [0.4, 0.5) is 15.8 Å². The van der Waals surface area contributed by atoms with E-state index >= 15 is 0 Å². The zero-order valence-electron chi connectivity index (χ0n) is 9.13. The monoisotopic (exact) mass is 226 g/mol. The molecule has 0 aliphatic heterocycles. The molecule has 0 atom stereocenters. The maximum absolute atomic E-state index is 13.2. The minimum atomic E-state index is -0.501. The number of nitrogen functional groups attached to an aromatic ring is 1. The Hall–Kier alpha value is -1.62. The number of nitrogens with two attached hydrogens (primary N) is 1. The third kappa shape index (κ3) is 3.86. The summed E-state index contributed by atoms with van der Waals surface area (Å²) in [4.78, 5) is 11.4. The molecule has 16 heavy (non-hydrogen) atoms. The first-order valence-corrected chi connectivity index (χ1v) is 5.06. The summed E-state index contributed by atoms with van der Waals surface area (Å²) in [6, 6.07) is 4.03. The standard InChI is InChI=1S/C11H15FN2O2/c1-2-16-6-5-11(15)14-10-7-8(13)3-4-9(10)12/h3-4,7H,2,5-6,13H2,1H3,(H,14,15). The number of hydrogen-bond donors (Lipinski definition) is 2. The summed E-state index contributed by atoms with van der Waals surface area (Å²) < 4.78 is 18.2. The molecule has 0 aliphatic rings. The van der Waals surface area contributed by atoms with Gasteiger partial charge in [-0.2, -0.15) is 0 Å². The highest BCUT2D eigenvalue weighted by Crippen LogP contribution is 2.17. The highest BCUT2D eigenvalue weighted by Gasteiger charge is 2.06. The van der Waals surface area contributed by atoms with Crippen LogP contribution in [0.3, 0.4) is 0 Å². The second-order valence-electron chi connectivity index (χ2n) is 3.23. The third-order valence-corrected chi connectivity index (χ3v) is 1.94. The number of halogens is 1. The lowest BCUT2D eigenvalue weighted by Crippen LogP contribution is -2.15. The molecule has 0 saturated heterocycles. The molecule has 0 radical (unpaired) electrons. The van der Waals surface area contributed by atoms with Crippen molar-refractivity contribution >= 4 is 17.3 Å². The Morgan fingerprint density at radius 1 is 1.56 bits per heavy atom. The van der Waals surface area contributed by atoms with Crippen LogP contribution in [0.1, 0.15) is 13.3 Å². The molecule has 1 amide bonds. The highest BCUT2D eigenvalue weighted by atomic mass is 19.1. The van der Waals surface area contributed by atoms with E-state index in [1.54, 1.807) is 0 Å². The maximum atomic E-state index is 13.2. The molecule has 0 heterocycles. The van der Waals surface area contributed by atoms with E-state index in [1.165, 1.54) is 18.2 Å². The van der Waals surface area contributed by atoms with Gasteiger partial charge in [0.25, 0.3) is 0 Å². The lowest BCUT2D eigenvalue weighted by Gasteiger charge is -2.07. The van der Waals surface area contributed by atoms with Gasteiger partial charge < -0.3 is 15.8 Å². The van der Waals surface area contributed by atoms with Crippen LogP contribution < -0.4 is 11.1 Å². The molecule has 5 heteroatoms. The third-order valence-electron chi connectivity index (χ3n) is 1.94. The van der Waals surface area contributed by atoms with Crippen LogP contribution in [0.2, 0.25) is 0 Å². The summed E-state index contributed by atoms with van der Waals surface area (Å²) in [6.45, 7) is 2.72. The van der Waals surface area contributed by atoms with Crippen LogP contribution in [0.15, 0.2) is 18.2 Å². The van der Waals surface area contributed by atoms with Gasteiger partial charge in [-0.15, -0.1) is 0 Å². The lowest BCUT2D eigenvalue weighted by atomic mass is 10.2. The van der Waals surface area contributed by atoms with Gasteiger partial charge in [0, 0.05) is 12.3 Å². The van der Waals surface area contributed by atoms with Gasteiger partial charge in [0.1, 0.15) is 5.82 Å². The van der Waals surface area contributed by atoms with E-state index in [0.717, 1.165) is 0 Å². The number of amides is 1. The second-order valence-corrected chi connectivity index (χ2v) is 3.23. The number of carbonyl (C=O) groups excluding carboxylic acids is 1.